The van der Waals surface area contributed by atoms with Gasteiger partial charge in [-0.1, -0.05) is 37.6 Å². The average Bonchev–Trinajstić information content (AvgIpc) is 2.97. The highest BCUT2D eigenvalue weighted by Gasteiger charge is 2.24. The van der Waals surface area contributed by atoms with Crippen LogP contribution in [0.3, 0.4) is 0 Å². The van der Waals surface area contributed by atoms with Crippen LogP contribution in [0.15, 0.2) is 54.7 Å². The van der Waals surface area contributed by atoms with Crippen LogP contribution in [0.1, 0.15) is 26.0 Å². The fourth-order valence-corrected chi connectivity index (χ4v) is 3.26. The zero-order chi connectivity index (χ0) is 21.5. The summed E-state index contributed by atoms with van der Waals surface area (Å²) in [7, 11) is 0. The Balaban J connectivity index is 0.00000124. The smallest absolute Gasteiger partial charge is 0.327 e. The normalized spacial score (nSPS) is 12.6. The van der Waals surface area contributed by atoms with Gasteiger partial charge in [-0.25, -0.2) is 9.78 Å². The summed E-state index contributed by atoms with van der Waals surface area (Å²) in [5, 5.41) is 3.55. The van der Waals surface area contributed by atoms with Gasteiger partial charge >= 0.3 is 6.03 Å². The maximum atomic E-state index is 13.0. The summed E-state index contributed by atoms with van der Waals surface area (Å²) in [5.41, 5.74) is 3.13. The number of carbonyl (C=O) groups excluding carboxylic acids is 1. The van der Waals surface area contributed by atoms with Gasteiger partial charge in [-0.3, -0.25) is 9.88 Å². The van der Waals surface area contributed by atoms with E-state index in [2.05, 4.69) is 10.3 Å². The molecule has 2 amide bonds. The number of fused-ring (bicyclic) bond motifs is 1. The predicted octanol–water partition coefficient (Wildman–Crippen LogP) is 5.95. The minimum atomic E-state index is -0.256. The summed E-state index contributed by atoms with van der Waals surface area (Å²) < 4.78 is 5.79. The summed E-state index contributed by atoms with van der Waals surface area (Å²) in [6, 6.07) is 14.5. The molecule has 30 heavy (non-hydrogen) atoms. The van der Waals surface area contributed by atoms with Crippen LogP contribution in [-0.4, -0.2) is 29.2 Å². The maximum Gasteiger partial charge on any atom is 0.327 e. The monoisotopic (exact) mass is 424 g/mol. The first-order valence-electron chi connectivity index (χ1n) is 10.0. The van der Waals surface area contributed by atoms with Gasteiger partial charge in [0.15, 0.2) is 11.6 Å². The summed E-state index contributed by atoms with van der Waals surface area (Å²) in [6.07, 6.45) is 2.38. The number of hydrogen-bond donors (Lipinski definition) is 1. The van der Waals surface area contributed by atoms with Crippen molar-refractivity contribution in [3.8, 4) is 17.0 Å². The van der Waals surface area contributed by atoms with Gasteiger partial charge in [-0.2, -0.15) is 0 Å². The molecule has 0 saturated heterocycles. The van der Waals surface area contributed by atoms with Crippen LogP contribution < -0.4 is 15.0 Å². The molecule has 7 heteroatoms. The van der Waals surface area contributed by atoms with Crippen LogP contribution in [0.25, 0.3) is 11.3 Å². The Morgan fingerprint density at radius 3 is 2.77 bits per heavy atom. The molecule has 0 aliphatic carbocycles. The number of aryl methyl sites for hydroxylation is 1. The van der Waals surface area contributed by atoms with Gasteiger partial charge in [-0.15, -0.1) is 0 Å². The number of benzene rings is 1. The molecule has 4 rings (SSSR count). The molecule has 1 aromatic carbocycles. The average molecular weight is 425 g/mol. The van der Waals surface area contributed by atoms with E-state index in [1.165, 1.54) is 0 Å². The highest BCUT2D eigenvalue weighted by Crippen LogP contribution is 2.33. The van der Waals surface area contributed by atoms with E-state index in [1.54, 1.807) is 17.2 Å². The van der Waals surface area contributed by atoms with Crippen LogP contribution in [0.2, 0.25) is 5.02 Å². The molecule has 0 fully saturated rings. The summed E-state index contributed by atoms with van der Waals surface area (Å²) in [4.78, 5) is 23.5. The Bertz CT molecular complexity index is 1030. The quantitative estimate of drug-likeness (QED) is 0.551. The predicted molar refractivity (Wildman–Crippen MR) is 121 cm³/mol. The third-order valence-electron chi connectivity index (χ3n) is 4.39. The van der Waals surface area contributed by atoms with Gasteiger partial charge < -0.3 is 10.1 Å². The molecule has 156 valence electrons. The molecular weight excluding hydrogens is 400 g/mol. The third kappa shape index (κ3) is 5.07. The van der Waals surface area contributed by atoms with Crippen molar-refractivity contribution >= 4 is 29.1 Å². The lowest BCUT2D eigenvalue weighted by molar-refractivity contribution is 0.256. The molecule has 1 aliphatic heterocycles. The van der Waals surface area contributed by atoms with Crippen molar-refractivity contribution in [1.82, 2.24) is 9.97 Å². The zero-order valence-electron chi connectivity index (χ0n) is 17.4. The minimum Gasteiger partial charge on any atom is -0.490 e. The zero-order valence-corrected chi connectivity index (χ0v) is 18.1. The van der Waals surface area contributed by atoms with Crippen molar-refractivity contribution in [2.45, 2.75) is 27.2 Å². The Hall–Kier alpha value is -3.12. The number of rotatable bonds is 2. The van der Waals surface area contributed by atoms with E-state index in [4.69, 9.17) is 21.3 Å². The molecule has 6 nitrogen and oxygen atoms in total. The van der Waals surface area contributed by atoms with Gasteiger partial charge in [0, 0.05) is 34.7 Å². The standard InChI is InChI=1S/C21H19ClN4O2.C2H6/c1-14-12-17(8-9-23-14)24-21(27)26-10-3-11-28-19-7-6-18(25-20(19)26)15-4-2-5-16(22)13-15;1-2/h2,4-9,12-13H,3,10-11H2,1H3,(H,23,24,27);1-2H3. The first kappa shape index (κ1) is 21.6. The summed E-state index contributed by atoms with van der Waals surface area (Å²) in [6.45, 7) is 6.92. The first-order valence-corrected chi connectivity index (χ1v) is 10.4. The van der Waals surface area contributed by atoms with Crippen molar-refractivity contribution in [2.75, 3.05) is 23.4 Å². The fraction of sp³-hybridized carbons (Fsp3) is 0.261. The Labute approximate surface area is 181 Å². The third-order valence-corrected chi connectivity index (χ3v) is 4.63. The summed E-state index contributed by atoms with van der Waals surface area (Å²) >= 11 is 6.11. The largest absolute Gasteiger partial charge is 0.490 e. The number of amides is 2. The molecular formula is C23H25ClN4O2. The molecule has 3 heterocycles. The molecule has 0 saturated carbocycles. The molecule has 0 spiro atoms. The number of anilines is 2. The number of halogens is 1. The highest BCUT2D eigenvalue weighted by molar-refractivity contribution is 6.30. The van der Waals surface area contributed by atoms with Crippen LogP contribution in [0.5, 0.6) is 5.75 Å². The summed E-state index contributed by atoms with van der Waals surface area (Å²) in [5.74, 6) is 1.09. The second-order valence-corrected chi connectivity index (χ2v) is 6.93. The van der Waals surface area contributed by atoms with Gasteiger partial charge in [0.05, 0.1) is 12.3 Å². The lowest BCUT2D eigenvalue weighted by atomic mass is 10.1. The number of aromatic nitrogens is 2. The van der Waals surface area contributed by atoms with E-state index in [1.807, 2.05) is 63.2 Å². The molecule has 1 N–H and O–H groups in total. The maximum absolute atomic E-state index is 13.0. The van der Waals surface area contributed by atoms with Gasteiger partial charge in [0.2, 0.25) is 0 Å². The van der Waals surface area contributed by atoms with Crippen LogP contribution in [0.4, 0.5) is 16.3 Å². The fourth-order valence-electron chi connectivity index (χ4n) is 3.07. The Kier molecular flexibility index (Phi) is 7.25. The van der Waals surface area contributed by atoms with E-state index < -0.39 is 0 Å². The number of carbonyl (C=O) groups is 1. The van der Waals surface area contributed by atoms with Gasteiger partial charge in [0.1, 0.15) is 0 Å². The van der Waals surface area contributed by atoms with Crippen molar-refractivity contribution in [2.24, 2.45) is 0 Å². The lowest BCUT2D eigenvalue weighted by Gasteiger charge is -2.22. The van der Waals surface area contributed by atoms with Crippen molar-refractivity contribution < 1.29 is 9.53 Å². The molecule has 0 bridgehead atoms. The second kappa shape index (κ2) is 10.1. The first-order chi connectivity index (χ1) is 14.6. The number of hydrogen-bond acceptors (Lipinski definition) is 4. The molecule has 0 unspecified atom stereocenters. The van der Waals surface area contributed by atoms with E-state index in [-0.39, 0.29) is 6.03 Å². The minimum absolute atomic E-state index is 0.256. The second-order valence-electron chi connectivity index (χ2n) is 6.50. The van der Waals surface area contributed by atoms with Crippen molar-refractivity contribution in [3.05, 3.63) is 65.4 Å². The van der Waals surface area contributed by atoms with Crippen LogP contribution in [-0.2, 0) is 0 Å². The Morgan fingerprint density at radius 1 is 1.17 bits per heavy atom. The number of nitrogens with one attached hydrogen (secondary N) is 1. The lowest BCUT2D eigenvalue weighted by Crippen LogP contribution is -2.36. The van der Waals surface area contributed by atoms with E-state index in [0.717, 1.165) is 17.0 Å². The van der Waals surface area contributed by atoms with Gasteiger partial charge in [0.25, 0.3) is 0 Å². The van der Waals surface area contributed by atoms with E-state index in [9.17, 15) is 4.79 Å². The number of pyridine rings is 2. The SMILES string of the molecule is CC.Cc1cc(NC(=O)N2CCCOc3ccc(-c4cccc(Cl)c4)nc32)ccn1. The number of ether oxygens (including phenoxy) is 1. The molecule has 3 aromatic rings. The molecule has 0 radical (unpaired) electrons. The van der Waals surface area contributed by atoms with Crippen molar-refractivity contribution in [3.63, 3.8) is 0 Å². The molecule has 1 aliphatic rings. The van der Waals surface area contributed by atoms with Crippen LogP contribution in [0, 0.1) is 6.92 Å². The van der Waals surface area contributed by atoms with E-state index >= 15 is 0 Å². The molecule has 0 atom stereocenters. The number of nitrogens with zero attached hydrogens (tertiary/aromatic N) is 3. The highest BCUT2D eigenvalue weighted by atomic mass is 35.5. The topological polar surface area (TPSA) is 67.4 Å². The number of urea groups is 1. The van der Waals surface area contributed by atoms with E-state index in [0.29, 0.717) is 41.8 Å². The van der Waals surface area contributed by atoms with Crippen molar-refractivity contribution in [1.29, 1.82) is 0 Å². The molecule has 2 aromatic heterocycles. The van der Waals surface area contributed by atoms with Crippen LogP contribution >= 0.6 is 11.6 Å². The van der Waals surface area contributed by atoms with Gasteiger partial charge in [-0.05, 0) is 49.7 Å². The Morgan fingerprint density at radius 2 is 2.00 bits per heavy atom.